The van der Waals surface area contributed by atoms with E-state index in [0.29, 0.717) is 0 Å². The van der Waals surface area contributed by atoms with Crippen LogP contribution in [0.25, 0.3) is 0 Å². The molecule has 0 saturated carbocycles. The van der Waals surface area contributed by atoms with E-state index in [1.54, 1.807) is 6.26 Å². The third kappa shape index (κ3) is 4.85. The maximum absolute atomic E-state index is 5.68. The van der Waals surface area contributed by atoms with Crippen molar-refractivity contribution in [2.24, 2.45) is 4.99 Å². The zero-order valence-corrected chi connectivity index (χ0v) is 15.7. The van der Waals surface area contributed by atoms with Crippen molar-refractivity contribution in [2.75, 3.05) is 33.2 Å². The molecule has 0 bridgehead atoms. The summed E-state index contributed by atoms with van der Waals surface area (Å²) in [6, 6.07) is 6.34. The lowest BCUT2D eigenvalue weighted by molar-refractivity contribution is 0.215. The highest BCUT2D eigenvalue weighted by molar-refractivity contribution is 5.79. The minimum Gasteiger partial charge on any atom is -0.468 e. The summed E-state index contributed by atoms with van der Waals surface area (Å²) < 4.78 is 5.68. The third-order valence-corrected chi connectivity index (χ3v) is 4.96. The predicted molar refractivity (Wildman–Crippen MR) is 104 cm³/mol. The van der Waals surface area contributed by atoms with Crippen molar-refractivity contribution in [3.63, 3.8) is 0 Å². The van der Waals surface area contributed by atoms with Crippen LogP contribution in [0.4, 0.5) is 0 Å². The average Bonchev–Trinajstić information content (AvgIpc) is 3.36. The van der Waals surface area contributed by atoms with Crippen molar-refractivity contribution in [2.45, 2.75) is 32.2 Å². The van der Waals surface area contributed by atoms with Crippen LogP contribution in [0.1, 0.15) is 35.8 Å². The van der Waals surface area contributed by atoms with Crippen molar-refractivity contribution in [3.8, 4) is 0 Å². The topological polar surface area (TPSA) is 65.7 Å². The lowest BCUT2D eigenvalue weighted by Crippen LogP contribution is -2.43. The molecule has 6 nitrogen and oxygen atoms in total. The van der Waals surface area contributed by atoms with Gasteiger partial charge in [-0.2, -0.15) is 0 Å². The van der Waals surface area contributed by atoms with Crippen LogP contribution in [0, 0.1) is 6.92 Å². The number of hydrogen-bond acceptors (Lipinski definition) is 4. The van der Waals surface area contributed by atoms with Gasteiger partial charge in [0, 0.05) is 32.5 Å². The Morgan fingerprint density at radius 1 is 1.31 bits per heavy atom. The van der Waals surface area contributed by atoms with Gasteiger partial charge in [-0.1, -0.05) is 0 Å². The summed E-state index contributed by atoms with van der Waals surface area (Å²) in [5, 5.41) is 6.87. The summed E-state index contributed by atoms with van der Waals surface area (Å²) >= 11 is 0. The number of nitrogens with one attached hydrogen (secondary N) is 2. The minimum atomic E-state index is 0.244. The molecular weight excluding hydrogens is 326 g/mol. The second-order valence-corrected chi connectivity index (χ2v) is 6.71. The molecule has 2 N–H and O–H groups in total. The molecule has 6 heteroatoms. The third-order valence-electron chi connectivity index (χ3n) is 4.96. The molecule has 2 aromatic heterocycles. The lowest BCUT2D eigenvalue weighted by Gasteiger charge is -2.26. The molecule has 2 aromatic rings. The first-order chi connectivity index (χ1) is 12.8. The molecule has 1 atom stereocenters. The molecule has 0 spiro atoms. The fourth-order valence-electron chi connectivity index (χ4n) is 3.46. The van der Waals surface area contributed by atoms with Crippen LogP contribution >= 0.6 is 0 Å². The van der Waals surface area contributed by atoms with E-state index in [4.69, 9.17) is 4.42 Å². The van der Waals surface area contributed by atoms with E-state index in [0.717, 1.165) is 44.3 Å². The van der Waals surface area contributed by atoms with Crippen molar-refractivity contribution in [1.29, 1.82) is 0 Å². The van der Waals surface area contributed by atoms with E-state index in [1.807, 2.05) is 25.5 Å². The molecule has 1 saturated heterocycles. The van der Waals surface area contributed by atoms with Gasteiger partial charge < -0.3 is 15.1 Å². The monoisotopic (exact) mass is 355 g/mol. The molecule has 0 radical (unpaired) electrons. The molecule has 140 valence electrons. The van der Waals surface area contributed by atoms with Gasteiger partial charge in [0.2, 0.25) is 0 Å². The Kier molecular flexibility index (Phi) is 6.66. The number of aromatic nitrogens is 1. The molecule has 0 aliphatic carbocycles. The summed E-state index contributed by atoms with van der Waals surface area (Å²) in [5.41, 5.74) is 2.54. The van der Waals surface area contributed by atoms with E-state index in [9.17, 15) is 0 Å². The Morgan fingerprint density at radius 3 is 2.85 bits per heavy atom. The summed E-state index contributed by atoms with van der Waals surface area (Å²) in [7, 11) is 1.81. The fraction of sp³-hybridized carbons (Fsp3) is 0.500. The first-order valence-electron chi connectivity index (χ1n) is 9.39. The van der Waals surface area contributed by atoms with E-state index < -0.39 is 0 Å². The van der Waals surface area contributed by atoms with Gasteiger partial charge in [0.15, 0.2) is 5.96 Å². The van der Waals surface area contributed by atoms with Gasteiger partial charge in [-0.25, -0.2) is 0 Å². The van der Waals surface area contributed by atoms with Crippen molar-refractivity contribution in [1.82, 2.24) is 20.5 Å². The summed E-state index contributed by atoms with van der Waals surface area (Å²) in [6.45, 7) is 5.96. The number of guanidine groups is 1. The molecule has 1 aliphatic rings. The number of aryl methyl sites for hydroxylation is 1. The zero-order chi connectivity index (χ0) is 18.2. The van der Waals surface area contributed by atoms with E-state index in [2.05, 4.69) is 44.6 Å². The van der Waals surface area contributed by atoms with E-state index in [1.165, 1.54) is 24.0 Å². The number of nitrogens with zero attached hydrogens (tertiary/aromatic N) is 3. The van der Waals surface area contributed by atoms with Crippen LogP contribution in [0.3, 0.4) is 0 Å². The average molecular weight is 355 g/mol. The standard InChI is InChI=1S/C20H29N5O/c1-16-14-22-9-7-17(16)8-10-23-20(21-2)24-15-18(19-6-5-13-26-19)25-11-3-4-12-25/h5-7,9,13-14,18H,3-4,8,10-12,15H2,1-2H3,(H2,21,23,24). The van der Waals surface area contributed by atoms with Crippen molar-refractivity contribution in [3.05, 3.63) is 53.7 Å². The molecule has 26 heavy (non-hydrogen) atoms. The van der Waals surface area contributed by atoms with Gasteiger partial charge in [-0.3, -0.25) is 14.9 Å². The maximum atomic E-state index is 5.68. The first kappa shape index (κ1) is 18.5. The lowest BCUT2D eigenvalue weighted by atomic mass is 10.1. The number of rotatable bonds is 7. The van der Waals surface area contributed by atoms with Crippen LogP contribution in [0.15, 0.2) is 46.3 Å². The summed E-state index contributed by atoms with van der Waals surface area (Å²) in [5.74, 6) is 1.84. The quantitative estimate of drug-likeness (QED) is 0.590. The number of pyridine rings is 1. The SMILES string of the molecule is CN=C(NCCc1ccncc1C)NCC(c1ccco1)N1CCCC1. The molecule has 1 aliphatic heterocycles. The van der Waals surface area contributed by atoms with Crippen molar-refractivity contribution >= 4 is 5.96 Å². The largest absolute Gasteiger partial charge is 0.468 e. The smallest absolute Gasteiger partial charge is 0.191 e. The van der Waals surface area contributed by atoms with Gasteiger partial charge in [0.05, 0.1) is 12.3 Å². The van der Waals surface area contributed by atoms with Gasteiger partial charge in [0.25, 0.3) is 0 Å². The molecule has 1 unspecified atom stereocenters. The Bertz CT molecular complexity index is 692. The van der Waals surface area contributed by atoms with Gasteiger partial charge >= 0.3 is 0 Å². The zero-order valence-electron chi connectivity index (χ0n) is 15.7. The maximum Gasteiger partial charge on any atom is 0.191 e. The van der Waals surface area contributed by atoms with Gasteiger partial charge in [-0.05, 0) is 68.6 Å². The molecule has 1 fully saturated rings. The number of hydrogen-bond donors (Lipinski definition) is 2. The van der Waals surface area contributed by atoms with Gasteiger partial charge in [-0.15, -0.1) is 0 Å². The highest BCUT2D eigenvalue weighted by Gasteiger charge is 2.25. The summed E-state index contributed by atoms with van der Waals surface area (Å²) in [6.07, 6.45) is 8.97. The summed E-state index contributed by atoms with van der Waals surface area (Å²) in [4.78, 5) is 11.0. The Labute approximate surface area is 155 Å². The molecule has 3 rings (SSSR count). The number of aliphatic imine (C=N–C) groups is 1. The van der Waals surface area contributed by atoms with E-state index >= 15 is 0 Å². The van der Waals surface area contributed by atoms with Gasteiger partial charge in [0.1, 0.15) is 5.76 Å². The van der Waals surface area contributed by atoms with Crippen LogP contribution in [-0.2, 0) is 6.42 Å². The fourth-order valence-corrected chi connectivity index (χ4v) is 3.46. The molecule has 0 aromatic carbocycles. The number of likely N-dealkylation sites (tertiary alicyclic amines) is 1. The van der Waals surface area contributed by atoms with Crippen molar-refractivity contribution < 1.29 is 4.42 Å². The second-order valence-electron chi connectivity index (χ2n) is 6.71. The number of furan rings is 1. The molecule has 0 amide bonds. The second kappa shape index (κ2) is 9.38. The predicted octanol–water partition coefficient (Wildman–Crippen LogP) is 2.53. The Hall–Kier alpha value is -2.34. The van der Waals surface area contributed by atoms with Crippen LogP contribution in [0.2, 0.25) is 0 Å². The van der Waals surface area contributed by atoms with Crippen LogP contribution in [0.5, 0.6) is 0 Å². The normalized spacial score (nSPS) is 16.6. The highest BCUT2D eigenvalue weighted by atomic mass is 16.3. The molecule has 3 heterocycles. The van der Waals surface area contributed by atoms with E-state index in [-0.39, 0.29) is 6.04 Å². The first-order valence-corrected chi connectivity index (χ1v) is 9.39. The van der Waals surface area contributed by atoms with Crippen LogP contribution in [-0.4, -0.2) is 49.1 Å². The highest BCUT2D eigenvalue weighted by Crippen LogP contribution is 2.24. The molecular formula is C20H29N5O. The van der Waals surface area contributed by atoms with Crippen LogP contribution < -0.4 is 10.6 Å². The Balaban J connectivity index is 1.51. The minimum absolute atomic E-state index is 0.244. The Morgan fingerprint density at radius 2 is 2.15 bits per heavy atom.